The Labute approximate surface area is 94.7 Å². The fourth-order valence-corrected chi connectivity index (χ4v) is 1.79. The van der Waals surface area contributed by atoms with Crippen molar-refractivity contribution in [3.8, 4) is 5.75 Å². The molecule has 4 N–H and O–H groups in total. The molecule has 0 aliphatic heterocycles. The highest BCUT2D eigenvalue weighted by Crippen LogP contribution is 2.27. The van der Waals surface area contributed by atoms with Gasteiger partial charge in [0.1, 0.15) is 5.75 Å². The first-order valence-electron chi connectivity index (χ1n) is 4.66. The van der Waals surface area contributed by atoms with Crippen LogP contribution in [-0.2, 0) is 6.54 Å². The first-order chi connectivity index (χ1) is 7.19. The van der Waals surface area contributed by atoms with E-state index in [1.165, 1.54) is 0 Å². The Kier molecular flexibility index (Phi) is 4.84. The number of nitrogens with two attached hydrogens (primary N) is 1. The summed E-state index contributed by atoms with van der Waals surface area (Å²) in [4.78, 5) is 0. The molecule has 84 valence electrons. The third kappa shape index (κ3) is 3.35. The van der Waals surface area contributed by atoms with E-state index in [0.29, 0.717) is 18.2 Å². The van der Waals surface area contributed by atoms with Crippen LogP contribution in [0.2, 0.25) is 5.02 Å². The van der Waals surface area contributed by atoms with Crippen LogP contribution in [0.3, 0.4) is 0 Å². The van der Waals surface area contributed by atoms with E-state index in [0.717, 1.165) is 16.9 Å². The maximum absolute atomic E-state index is 5.97. The van der Waals surface area contributed by atoms with Crippen molar-refractivity contribution in [3.63, 3.8) is 0 Å². The van der Waals surface area contributed by atoms with E-state index in [9.17, 15) is 0 Å². The highest BCUT2D eigenvalue weighted by atomic mass is 35.5. The molecule has 0 fully saturated rings. The highest BCUT2D eigenvalue weighted by molar-refractivity contribution is 6.30. The van der Waals surface area contributed by atoms with Gasteiger partial charge in [0.05, 0.1) is 13.8 Å². The van der Waals surface area contributed by atoms with Crippen LogP contribution in [0.4, 0.5) is 0 Å². The molecule has 0 aromatic heterocycles. The lowest BCUT2D eigenvalue weighted by Crippen LogP contribution is -2.33. The van der Waals surface area contributed by atoms with Crippen molar-refractivity contribution < 1.29 is 4.74 Å². The van der Waals surface area contributed by atoms with Gasteiger partial charge in [0.2, 0.25) is 0 Å². The number of methoxy groups -OCH3 is 1. The Hall–Kier alpha value is -0.810. The van der Waals surface area contributed by atoms with Crippen molar-refractivity contribution in [2.45, 2.75) is 13.5 Å². The molecular weight excluding hydrogens is 214 g/mol. The number of hydrazine groups is 1. The van der Waals surface area contributed by atoms with Crippen molar-refractivity contribution in [1.29, 1.82) is 0 Å². The average molecular weight is 230 g/mol. The van der Waals surface area contributed by atoms with Gasteiger partial charge in [-0.1, -0.05) is 11.6 Å². The Morgan fingerprint density at radius 2 is 2.20 bits per heavy atom. The SMILES string of the molecule is COc1c(C)cc(Cl)cc1CNCNN. The minimum atomic E-state index is 0.536. The maximum atomic E-state index is 5.97. The predicted molar refractivity (Wildman–Crippen MR) is 61.8 cm³/mol. The monoisotopic (exact) mass is 229 g/mol. The van der Waals surface area contributed by atoms with Crippen LogP contribution in [0.5, 0.6) is 5.75 Å². The van der Waals surface area contributed by atoms with Crippen molar-refractivity contribution in [1.82, 2.24) is 10.7 Å². The first kappa shape index (κ1) is 12.3. The van der Waals surface area contributed by atoms with Gasteiger partial charge in [0, 0.05) is 17.1 Å². The summed E-state index contributed by atoms with van der Waals surface area (Å²) < 4.78 is 5.31. The second-order valence-corrected chi connectivity index (χ2v) is 3.66. The fourth-order valence-electron chi connectivity index (χ4n) is 1.49. The molecule has 5 heteroatoms. The number of nitrogens with one attached hydrogen (secondary N) is 2. The number of hydrogen-bond acceptors (Lipinski definition) is 4. The van der Waals surface area contributed by atoms with E-state index in [2.05, 4.69) is 10.7 Å². The molecule has 0 amide bonds. The molecule has 1 aromatic rings. The summed E-state index contributed by atoms with van der Waals surface area (Å²) in [6, 6.07) is 3.77. The molecule has 0 spiro atoms. The number of aryl methyl sites for hydroxylation is 1. The van der Waals surface area contributed by atoms with E-state index in [-0.39, 0.29) is 0 Å². The lowest BCUT2D eigenvalue weighted by Gasteiger charge is -2.12. The Morgan fingerprint density at radius 3 is 2.80 bits per heavy atom. The number of halogens is 1. The molecule has 0 unspecified atom stereocenters. The molecular formula is C10H16ClN3O. The molecule has 0 aliphatic carbocycles. The van der Waals surface area contributed by atoms with Crippen LogP contribution < -0.4 is 21.3 Å². The number of hydrogen-bond donors (Lipinski definition) is 3. The summed E-state index contributed by atoms with van der Waals surface area (Å²) in [5.41, 5.74) is 4.58. The van der Waals surface area contributed by atoms with E-state index in [1.54, 1.807) is 7.11 Å². The van der Waals surface area contributed by atoms with Crippen LogP contribution in [-0.4, -0.2) is 13.8 Å². The molecule has 15 heavy (non-hydrogen) atoms. The topological polar surface area (TPSA) is 59.3 Å². The quantitative estimate of drug-likeness (QED) is 0.307. The van der Waals surface area contributed by atoms with Gasteiger partial charge in [-0.15, -0.1) is 0 Å². The Balaban J connectivity index is 2.84. The van der Waals surface area contributed by atoms with Crippen LogP contribution >= 0.6 is 11.6 Å². The maximum Gasteiger partial charge on any atom is 0.126 e. The highest BCUT2D eigenvalue weighted by Gasteiger charge is 2.07. The molecule has 0 atom stereocenters. The fraction of sp³-hybridized carbons (Fsp3) is 0.400. The van der Waals surface area contributed by atoms with Crippen molar-refractivity contribution in [2.24, 2.45) is 5.84 Å². The summed E-state index contributed by atoms with van der Waals surface area (Å²) in [6.45, 7) is 3.17. The molecule has 1 aromatic carbocycles. The molecule has 0 heterocycles. The van der Waals surface area contributed by atoms with Gasteiger partial charge in [0.25, 0.3) is 0 Å². The molecule has 0 bridgehead atoms. The van der Waals surface area contributed by atoms with Gasteiger partial charge in [-0.3, -0.25) is 11.2 Å². The van der Waals surface area contributed by atoms with E-state index in [1.807, 2.05) is 19.1 Å². The lowest BCUT2D eigenvalue weighted by atomic mass is 10.1. The number of benzene rings is 1. The van der Waals surface area contributed by atoms with Crippen LogP contribution in [0.15, 0.2) is 12.1 Å². The van der Waals surface area contributed by atoms with Crippen molar-refractivity contribution in [3.05, 3.63) is 28.3 Å². The zero-order valence-corrected chi connectivity index (χ0v) is 9.69. The Bertz CT molecular complexity index is 331. The van der Waals surface area contributed by atoms with Crippen molar-refractivity contribution in [2.75, 3.05) is 13.8 Å². The van der Waals surface area contributed by atoms with Gasteiger partial charge < -0.3 is 4.74 Å². The van der Waals surface area contributed by atoms with E-state index >= 15 is 0 Å². The summed E-state index contributed by atoms with van der Waals surface area (Å²) in [5.74, 6) is 6.02. The van der Waals surface area contributed by atoms with Crippen molar-refractivity contribution >= 4 is 11.6 Å². The van der Waals surface area contributed by atoms with Gasteiger partial charge in [0.15, 0.2) is 0 Å². The second-order valence-electron chi connectivity index (χ2n) is 3.22. The zero-order chi connectivity index (χ0) is 11.3. The summed E-state index contributed by atoms with van der Waals surface area (Å²) in [6.07, 6.45) is 0. The third-order valence-corrected chi connectivity index (χ3v) is 2.28. The molecule has 1 rings (SSSR count). The van der Waals surface area contributed by atoms with Gasteiger partial charge in [-0.05, 0) is 24.6 Å². The van der Waals surface area contributed by atoms with Crippen LogP contribution in [0, 0.1) is 6.92 Å². The molecule has 0 radical (unpaired) electrons. The molecule has 4 nitrogen and oxygen atoms in total. The van der Waals surface area contributed by atoms with Crippen LogP contribution in [0.25, 0.3) is 0 Å². The smallest absolute Gasteiger partial charge is 0.126 e. The predicted octanol–water partition coefficient (Wildman–Crippen LogP) is 1.17. The first-order valence-corrected chi connectivity index (χ1v) is 5.04. The van der Waals surface area contributed by atoms with Gasteiger partial charge in [-0.25, -0.2) is 5.43 Å². The number of rotatable bonds is 5. The molecule has 0 saturated heterocycles. The Morgan fingerprint density at radius 1 is 1.47 bits per heavy atom. The van der Waals surface area contributed by atoms with Gasteiger partial charge in [-0.2, -0.15) is 0 Å². The summed E-state index contributed by atoms with van der Waals surface area (Å²) in [5, 5.41) is 3.82. The minimum Gasteiger partial charge on any atom is -0.496 e. The molecule has 0 aliphatic rings. The average Bonchev–Trinajstić information content (AvgIpc) is 2.17. The largest absolute Gasteiger partial charge is 0.496 e. The zero-order valence-electron chi connectivity index (χ0n) is 8.93. The molecule has 0 saturated carbocycles. The lowest BCUT2D eigenvalue weighted by molar-refractivity contribution is 0.404. The minimum absolute atomic E-state index is 0.536. The second kappa shape index (κ2) is 5.92. The third-order valence-electron chi connectivity index (χ3n) is 2.06. The van der Waals surface area contributed by atoms with Crippen LogP contribution in [0.1, 0.15) is 11.1 Å². The van der Waals surface area contributed by atoms with Gasteiger partial charge >= 0.3 is 0 Å². The summed E-state index contributed by atoms with van der Waals surface area (Å²) in [7, 11) is 1.65. The normalized spacial score (nSPS) is 10.4. The summed E-state index contributed by atoms with van der Waals surface area (Å²) >= 11 is 5.97. The van der Waals surface area contributed by atoms with E-state index in [4.69, 9.17) is 22.2 Å². The standard InChI is InChI=1S/C10H16ClN3O/c1-7-3-9(11)4-8(10(7)15-2)5-13-6-14-12/h3-4,13-14H,5-6,12H2,1-2H3. The number of ether oxygens (including phenoxy) is 1. The van der Waals surface area contributed by atoms with E-state index < -0.39 is 0 Å².